The van der Waals surface area contributed by atoms with Crippen LogP contribution in [0.25, 0.3) is 32.9 Å². The fourth-order valence-electron chi connectivity index (χ4n) is 4.34. The van der Waals surface area contributed by atoms with Gasteiger partial charge in [-0.15, -0.1) is 0 Å². The lowest BCUT2D eigenvalue weighted by Crippen LogP contribution is -2.14. The number of carbonyl (C=O) groups is 2. The molecule has 2 aromatic carbocycles. The maximum Gasteiger partial charge on any atom is 0.335 e. The summed E-state index contributed by atoms with van der Waals surface area (Å²) in [4.78, 5) is 24.1. The van der Waals surface area contributed by atoms with Crippen molar-refractivity contribution in [1.82, 2.24) is 9.72 Å². The highest BCUT2D eigenvalue weighted by Gasteiger charge is 2.27. The molecular weight excluding hydrogens is 382 g/mol. The molecule has 0 bridgehead atoms. The molecule has 5 rings (SSSR count). The maximum atomic E-state index is 12.5. The van der Waals surface area contributed by atoms with Gasteiger partial charge in [0.15, 0.2) is 0 Å². The minimum atomic E-state index is -0.980. The van der Waals surface area contributed by atoms with Crippen LogP contribution in [-0.2, 0) is 6.54 Å². The normalized spacial score (nSPS) is 13.9. The maximum absolute atomic E-state index is 12.5. The number of carboxylic acids is 1. The number of amides is 1. The lowest BCUT2D eigenvalue weighted by atomic mass is 9.97. The number of nitrogens with two attached hydrogens (primary N) is 1. The zero-order valence-corrected chi connectivity index (χ0v) is 16.7. The number of benzene rings is 2. The molecular formula is C23H21N3O4. The Labute approximate surface area is 172 Å². The highest BCUT2D eigenvalue weighted by atomic mass is 16.5. The molecule has 7 nitrogen and oxygen atoms in total. The second-order valence-corrected chi connectivity index (χ2v) is 8.07. The minimum absolute atomic E-state index is 0.217. The summed E-state index contributed by atoms with van der Waals surface area (Å²) in [5.41, 5.74) is 10.4. The van der Waals surface area contributed by atoms with Gasteiger partial charge in [0.05, 0.1) is 22.3 Å². The molecule has 1 aliphatic rings. The summed E-state index contributed by atoms with van der Waals surface area (Å²) in [6.07, 6.45) is 2.26. The predicted molar refractivity (Wildman–Crippen MR) is 113 cm³/mol. The van der Waals surface area contributed by atoms with Crippen molar-refractivity contribution in [2.75, 3.05) is 0 Å². The number of primary amides is 1. The lowest BCUT2D eigenvalue weighted by molar-refractivity contribution is 0.0696. The van der Waals surface area contributed by atoms with Crippen molar-refractivity contribution in [2.24, 2.45) is 11.7 Å². The number of aromatic nitrogens is 2. The molecule has 3 N–H and O–H groups in total. The number of hydrogen-bond acceptors (Lipinski definition) is 4. The predicted octanol–water partition coefficient (Wildman–Crippen LogP) is 4.27. The van der Waals surface area contributed by atoms with E-state index in [1.165, 1.54) is 0 Å². The van der Waals surface area contributed by atoms with Gasteiger partial charge in [-0.3, -0.25) is 4.79 Å². The highest BCUT2D eigenvalue weighted by molar-refractivity contribution is 6.17. The van der Waals surface area contributed by atoms with Crippen molar-refractivity contribution in [3.8, 4) is 11.1 Å². The topological polar surface area (TPSA) is 111 Å². The molecule has 152 valence electrons. The van der Waals surface area contributed by atoms with Crippen molar-refractivity contribution in [3.05, 3.63) is 52.9 Å². The summed E-state index contributed by atoms with van der Waals surface area (Å²) in [7, 11) is 0. The Balaban J connectivity index is 1.90. The van der Waals surface area contributed by atoms with E-state index in [-0.39, 0.29) is 5.56 Å². The standard InChI is InChI=1S/C23H21N3O4/c1-11-20(12(2)30-25-11)15-7-17-16-6-5-14(23(28)29)9-19(16)26(10-13-3-4-13)21(17)18(8-15)22(24)27/h5-9,13H,3-4,10H2,1-2H3,(H2,24,27)(H,28,29). The summed E-state index contributed by atoms with van der Waals surface area (Å²) in [6.45, 7) is 4.42. The molecule has 0 aliphatic heterocycles. The van der Waals surface area contributed by atoms with E-state index >= 15 is 0 Å². The number of aryl methyl sites for hydroxylation is 2. The van der Waals surface area contributed by atoms with Crippen molar-refractivity contribution < 1.29 is 19.2 Å². The second-order valence-electron chi connectivity index (χ2n) is 8.07. The van der Waals surface area contributed by atoms with Gasteiger partial charge in [-0.05, 0) is 62.4 Å². The SMILES string of the molecule is Cc1noc(C)c1-c1cc(C(N)=O)c2c(c1)c1ccc(C(=O)O)cc1n2CC1CC1. The number of nitrogens with zero attached hydrogens (tertiary/aromatic N) is 2. The Hall–Kier alpha value is -3.61. The minimum Gasteiger partial charge on any atom is -0.478 e. The average Bonchev–Trinajstić information content (AvgIpc) is 3.40. The molecule has 0 spiro atoms. The molecule has 4 aromatic rings. The quantitative estimate of drug-likeness (QED) is 0.517. The molecule has 7 heteroatoms. The van der Waals surface area contributed by atoms with E-state index in [9.17, 15) is 14.7 Å². The molecule has 1 amide bonds. The van der Waals surface area contributed by atoms with Gasteiger partial charge in [-0.1, -0.05) is 11.2 Å². The molecule has 0 saturated heterocycles. The number of carbonyl (C=O) groups excluding carboxylic acids is 1. The molecule has 1 fully saturated rings. The second kappa shape index (κ2) is 6.45. The van der Waals surface area contributed by atoms with Crippen LogP contribution in [0.15, 0.2) is 34.9 Å². The summed E-state index contributed by atoms with van der Waals surface area (Å²) >= 11 is 0. The van der Waals surface area contributed by atoms with E-state index in [0.717, 1.165) is 58.0 Å². The Morgan fingerprint density at radius 3 is 2.57 bits per heavy atom. The van der Waals surface area contributed by atoms with Gasteiger partial charge in [-0.2, -0.15) is 0 Å². The number of rotatable bonds is 5. The van der Waals surface area contributed by atoms with Gasteiger partial charge in [-0.25, -0.2) is 4.79 Å². The van der Waals surface area contributed by atoms with Gasteiger partial charge in [0, 0.05) is 28.4 Å². The molecule has 30 heavy (non-hydrogen) atoms. The van der Waals surface area contributed by atoms with Gasteiger partial charge in [0.2, 0.25) is 0 Å². The van der Waals surface area contributed by atoms with Crippen LogP contribution in [-0.4, -0.2) is 26.7 Å². The molecule has 2 aromatic heterocycles. The Bertz CT molecular complexity index is 1340. The van der Waals surface area contributed by atoms with Crippen LogP contribution in [0.3, 0.4) is 0 Å². The smallest absolute Gasteiger partial charge is 0.335 e. The third-order valence-corrected chi connectivity index (χ3v) is 5.93. The molecule has 0 radical (unpaired) electrons. The van der Waals surface area contributed by atoms with Crippen LogP contribution < -0.4 is 5.73 Å². The van der Waals surface area contributed by atoms with Gasteiger partial charge < -0.3 is 19.9 Å². The third kappa shape index (κ3) is 2.77. The summed E-state index contributed by atoms with van der Waals surface area (Å²) in [5.74, 6) is -0.309. The first-order chi connectivity index (χ1) is 14.3. The number of aromatic carboxylic acids is 1. The van der Waals surface area contributed by atoms with Crippen molar-refractivity contribution in [2.45, 2.75) is 33.2 Å². The molecule has 1 aliphatic carbocycles. The fraction of sp³-hybridized carbons (Fsp3) is 0.261. The van der Waals surface area contributed by atoms with Crippen molar-refractivity contribution in [3.63, 3.8) is 0 Å². The lowest BCUT2D eigenvalue weighted by Gasteiger charge is -2.11. The Morgan fingerprint density at radius 1 is 1.20 bits per heavy atom. The van der Waals surface area contributed by atoms with Crippen molar-refractivity contribution in [1.29, 1.82) is 0 Å². The summed E-state index contributed by atoms with van der Waals surface area (Å²) in [6, 6.07) is 8.89. The summed E-state index contributed by atoms with van der Waals surface area (Å²) in [5, 5.41) is 15.3. The zero-order chi connectivity index (χ0) is 21.2. The first kappa shape index (κ1) is 18.4. The average molecular weight is 403 g/mol. The Morgan fingerprint density at radius 2 is 1.97 bits per heavy atom. The van der Waals surface area contributed by atoms with Gasteiger partial charge >= 0.3 is 5.97 Å². The molecule has 0 unspecified atom stereocenters. The molecule has 2 heterocycles. The zero-order valence-electron chi connectivity index (χ0n) is 16.7. The van der Waals surface area contributed by atoms with E-state index < -0.39 is 11.9 Å². The first-order valence-electron chi connectivity index (χ1n) is 9.91. The monoisotopic (exact) mass is 403 g/mol. The Kier molecular flexibility index (Phi) is 3.96. The number of carboxylic acid groups (broad SMARTS) is 1. The number of fused-ring (bicyclic) bond motifs is 3. The summed E-state index contributed by atoms with van der Waals surface area (Å²) < 4.78 is 7.38. The van der Waals surface area contributed by atoms with E-state index in [0.29, 0.717) is 17.2 Å². The third-order valence-electron chi connectivity index (χ3n) is 5.93. The van der Waals surface area contributed by atoms with E-state index in [1.54, 1.807) is 18.2 Å². The van der Waals surface area contributed by atoms with Crippen LogP contribution in [0.5, 0.6) is 0 Å². The van der Waals surface area contributed by atoms with Gasteiger partial charge in [0.25, 0.3) is 5.91 Å². The fourth-order valence-corrected chi connectivity index (χ4v) is 4.34. The van der Waals surface area contributed by atoms with Gasteiger partial charge in [0.1, 0.15) is 5.76 Å². The van der Waals surface area contributed by atoms with E-state index in [1.807, 2.05) is 26.0 Å². The molecule has 0 atom stereocenters. The highest BCUT2D eigenvalue weighted by Crippen LogP contribution is 2.40. The van der Waals surface area contributed by atoms with Crippen LogP contribution >= 0.6 is 0 Å². The van der Waals surface area contributed by atoms with E-state index in [4.69, 9.17) is 10.3 Å². The number of hydrogen-bond donors (Lipinski definition) is 2. The van der Waals surface area contributed by atoms with E-state index in [2.05, 4.69) is 9.72 Å². The molecule has 1 saturated carbocycles. The van der Waals surface area contributed by atoms with Crippen LogP contribution in [0.2, 0.25) is 0 Å². The first-order valence-corrected chi connectivity index (χ1v) is 9.91. The van der Waals surface area contributed by atoms with Crippen molar-refractivity contribution >= 4 is 33.7 Å². The van der Waals surface area contributed by atoms with Crippen LogP contribution in [0.4, 0.5) is 0 Å². The largest absolute Gasteiger partial charge is 0.478 e. The van der Waals surface area contributed by atoms with Crippen LogP contribution in [0, 0.1) is 19.8 Å². The van der Waals surface area contributed by atoms with Crippen LogP contribution in [0.1, 0.15) is 45.0 Å².